The molecule has 0 spiro atoms. The van der Waals surface area contributed by atoms with Crippen molar-refractivity contribution in [2.75, 3.05) is 6.61 Å². The molecule has 7 heteroatoms. The Labute approximate surface area is 298 Å². The van der Waals surface area contributed by atoms with Crippen LogP contribution in [0.5, 0.6) is 0 Å². The standard InChI is InChI=1S/C44H39N3O4/c1-2-50-47-30-33-15-14-24-39(41(33)40(47)29-31-25-27-32(28-26-31)37-22-12-13-23-38(37)42(45)46-49)43(48)51-44(34-16-6-3-7-17-34,35-18-8-4-9-19-35)36-20-10-5-11-21-36/h3-28,40,49H,2,29-30H2,1H3,(H2,45,46). The highest BCUT2D eigenvalue weighted by Gasteiger charge is 2.42. The summed E-state index contributed by atoms with van der Waals surface area (Å²) in [6, 6.07) is 51.2. The molecule has 3 N–H and O–H groups in total. The van der Waals surface area contributed by atoms with Crippen LogP contribution >= 0.6 is 0 Å². The Balaban J connectivity index is 1.27. The number of nitrogens with zero attached hydrogens (tertiary/aromatic N) is 2. The lowest BCUT2D eigenvalue weighted by atomic mass is 9.80. The zero-order valence-corrected chi connectivity index (χ0v) is 28.4. The van der Waals surface area contributed by atoms with Crippen LogP contribution in [0.3, 0.4) is 0 Å². The van der Waals surface area contributed by atoms with Crippen LogP contribution in [-0.4, -0.2) is 28.7 Å². The van der Waals surface area contributed by atoms with E-state index in [1.54, 1.807) is 0 Å². The van der Waals surface area contributed by atoms with Crippen LogP contribution in [0.4, 0.5) is 0 Å². The zero-order chi connectivity index (χ0) is 35.2. The van der Waals surface area contributed by atoms with Gasteiger partial charge in [0, 0.05) is 22.3 Å². The average Bonchev–Trinajstić information content (AvgIpc) is 3.54. The summed E-state index contributed by atoms with van der Waals surface area (Å²) in [6.45, 7) is 3.01. The monoisotopic (exact) mass is 673 g/mol. The van der Waals surface area contributed by atoms with Crippen LogP contribution in [0, 0.1) is 0 Å². The second-order valence-corrected chi connectivity index (χ2v) is 12.5. The summed E-state index contributed by atoms with van der Waals surface area (Å²) in [4.78, 5) is 21.0. The number of carbonyl (C=O) groups excluding carboxylic acids is 1. The van der Waals surface area contributed by atoms with Crippen molar-refractivity contribution in [2.45, 2.75) is 31.5 Å². The fourth-order valence-electron chi connectivity index (χ4n) is 7.19. The van der Waals surface area contributed by atoms with Gasteiger partial charge in [0.1, 0.15) is 0 Å². The molecule has 0 fully saturated rings. The first kappa shape index (κ1) is 33.5. The Kier molecular flexibility index (Phi) is 9.74. The second-order valence-electron chi connectivity index (χ2n) is 12.5. The minimum Gasteiger partial charge on any atom is -0.441 e. The number of amidine groups is 1. The number of nitrogens with two attached hydrogens (primary N) is 1. The molecule has 0 bridgehead atoms. The van der Waals surface area contributed by atoms with Crippen molar-refractivity contribution in [1.29, 1.82) is 0 Å². The van der Waals surface area contributed by atoms with Crippen molar-refractivity contribution >= 4 is 11.8 Å². The van der Waals surface area contributed by atoms with Gasteiger partial charge in [0.2, 0.25) is 0 Å². The molecule has 0 saturated carbocycles. The van der Waals surface area contributed by atoms with E-state index in [0.717, 1.165) is 44.5 Å². The summed E-state index contributed by atoms with van der Waals surface area (Å²) < 4.78 is 6.87. The number of carbonyl (C=O) groups is 1. The van der Waals surface area contributed by atoms with E-state index in [1.165, 1.54) is 0 Å². The van der Waals surface area contributed by atoms with E-state index in [2.05, 4.69) is 23.4 Å². The second kappa shape index (κ2) is 14.8. The normalized spacial score (nSPS) is 14.6. The largest absolute Gasteiger partial charge is 0.441 e. The van der Waals surface area contributed by atoms with E-state index in [4.69, 9.17) is 15.3 Å². The van der Waals surface area contributed by atoms with E-state index in [9.17, 15) is 10.0 Å². The number of hydroxylamine groups is 2. The highest BCUT2D eigenvalue weighted by molar-refractivity contribution is 6.03. The summed E-state index contributed by atoms with van der Waals surface area (Å²) in [6.07, 6.45) is 0.598. The van der Waals surface area contributed by atoms with E-state index in [-0.39, 0.29) is 11.9 Å². The van der Waals surface area contributed by atoms with Crippen LogP contribution in [0.2, 0.25) is 0 Å². The molecule has 6 aromatic rings. The first-order valence-corrected chi connectivity index (χ1v) is 17.1. The van der Waals surface area contributed by atoms with Gasteiger partial charge < -0.3 is 15.7 Å². The van der Waals surface area contributed by atoms with Gasteiger partial charge in [0.15, 0.2) is 11.4 Å². The number of ether oxygens (including phenoxy) is 1. The van der Waals surface area contributed by atoms with Crippen molar-refractivity contribution in [3.8, 4) is 11.1 Å². The highest BCUT2D eigenvalue weighted by atomic mass is 16.7. The Morgan fingerprint density at radius 1 is 0.745 bits per heavy atom. The first-order chi connectivity index (χ1) is 25.0. The smallest absolute Gasteiger partial charge is 0.340 e. The van der Waals surface area contributed by atoms with Crippen molar-refractivity contribution in [3.05, 3.63) is 202 Å². The molecule has 1 aliphatic heterocycles. The first-order valence-electron chi connectivity index (χ1n) is 17.1. The zero-order valence-electron chi connectivity index (χ0n) is 28.4. The molecule has 1 aliphatic rings. The lowest BCUT2D eigenvalue weighted by Gasteiger charge is -2.35. The molecule has 1 heterocycles. The number of esters is 1. The number of rotatable bonds is 11. The van der Waals surface area contributed by atoms with Crippen LogP contribution in [-0.2, 0) is 28.1 Å². The summed E-state index contributed by atoms with van der Waals surface area (Å²) in [5, 5.41) is 14.5. The maximum Gasteiger partial charge on any atom is 0.340 e. The fraction of sp³-hybridized carbons (Fsp3) is 0.136. The Hall–Kier alpha value is -6.02. The molecule has 0 aromatic heterocycles. The maximum atomic E-state index is 14.8. The van der Waals surface area contributed by atoms with Gasteiger partial charge >= 0.3 is 5.97 Å². The van der Waals surface area contributed by atoms with Gasteiger partial charge in [-0.1, -0.05) is 157 Å². The molecular weight excluding hydrogens is 635 g/mol. The number of fused-ring (bicyclic) bond motifs is 1. The summed E-state index contributed by atoms with van der Waals surface area (Å²) >= 11 is 0. The molecule has 7 rings (SSSR count). The highest BCUT2D eigenvalue weighted by Crippen LogP contribution is 2.44. The SMILES string of the molecule is CCON1Cc2cccc(C(=O)OC(c3ccccc3)(c3ccccc3)c3ccccc3)c2C1Cc1ccc(-c2ccccc2C(N)=NO)cc1. The van der Waals surface area contributed by atoms with Gasteiger partial charge in [-0.25, -0.2) is 4.79 Å². The van der Waals surface area contributed by atoms with Crippen molar-refractivity contribution in [3.63, 3.8) is 0 Å². The van der Waals surface area contributed by atoms with Gasteiger partial charge in [0.25, 0.3) is 0 Å². The van der Waals surface area contributed by atoms with Gasteiger partial charge in [-0.3, -0.25) is 4.84 Å². The average molecular weight is 674 g/mol. The topological polar surface area (TPSA) is 97.4 Å². The lowest BCUT2D eigenvalue weighted by molar-refractivity contribution is -0.183. The van der Waals surface area contributed by atoms with Gasteiger partial charge in [-0.15, -0.1) is 0 Å². The lowest BCUT2D eigenvalue weighted by Crippen LogP contribution is -2.35. The predicted molar refractivity (Wildman–Crippen MR) is 199 cm³/mol. The molecule has 0 aliphatic carbocycles. The molecule has 6 aromatic carbocycles. The Bertz CT molecular complexity index is 2040. The number of hydrogen-bond acceptors (Lipinski definition) is 6. The number of benzene rings is 6. The molecule has 0 radical (unpaired) electrons. The molecule has 7 nitrogen and oxygen atoms in total. The molecule has 0 saturated heterocycles. The third-order valence-corrected chi connectivity index (χ3v) is 9.51. The van der Waals surface area contributed by atoms with Crippen LogP contribution in [0.1, 0.15) is 62.3 Å². The van der Waals surface area contributed by atoms with E-state index >= 15 is 0 Å². The van der Waals surface area contributed by atoms with Crippen molar-refractivity contribution < 1.29 is 19.6 Å². The molecule has 51 heavy (non-hydrogen) atoms. The van der Waals surface area contributed by atoms with Gasteiger partial charge in [0.05, 0.1) is 24.8 Å². The number of hydrogen-bond donors (Lipinski definition) is 2. The molecule has 1 atom stereocenters. The maximum absolute atomic E-state index is 14.8. The predicted octanol–water partition coefficient (Wildman–Crippen LogP) is 8.65. The molecule has 254 valence electrons. The summed E-state index contributed by atoms with van der Waals surface area (Å²) in [7, 11) is 0. The third kappa shape index (κ3) is 6.53. The Morgan fingerprint density at radius 3 is 1.86 bits per heavy atom. The summed E-state index contributed by atoms with van der Waals surface area (Å²) in [5.41, 5.74) is 13.3. The quantitative estimate of drug-likeness (QED) is 0.0357. The van der Waals surface area contributed by atoms with Crippen molar-refractivity contribution in [2.24, 2.45) is 10.9 Å². The molecule has 1 unspecified atom stereocenters. The van der Waals surface area contributed by atoms with Crippen LogP contribution < -0.4 is 5.73 Å². The molecule has 0 amide bonds. The summed E-state index contributed by atoms with van der Waals surface area (Å²) in [5.74, 6) is -0.360. The Morgan fingerprint density at radius 2 is 1.29 bits per heavy atom. The molecular formula is C44H39N3O4. The van der Waals surface area contributed by atoms with E-state index in [1.807, 2.05) is 152 Å². The third-order valence-electron chi connectivity index (χ3n) is 9.51. The minimum absolute atomic E-state index is 0.0554. The number of oxime groups is 1. The fourth-order valence-corrected chi connectivity index (χ4v) is 7.19. The van der Waals surface area contributed by atoms with E-state index in [0.29, 0.717) is 30.7 Å². The van der Waals surface area contributed by atoms with Crippen LogP contribution in [0.15, 0.2) is 163 Å². The van der Waals surface area contributed by atoms with E-state index < -0.39 is 11.6 Å². The van der Waals surface area contributed by atoms with Gasteiger partial charge in [-0.05, 0) is 47.2 Å². The van der Waals surface area contributed by atoms with Crippen LogP contribution in [0.25, 0.3) is 11.1 Å². The minimum atomic E-state index is -1.20. The van der Waals surface area contributed by atoms with Crippen molar-refractivity contribution in [1.82, 2.24) is 5.06 Å². The van der Waals surface area contributed by atoms with Gasteiger partial charge in [-0.2, -0.15) is 5.06 Å².